The monoisotopic (exact) mass is 388 g/mol. The zero-order chi connectivity index (χ0) is 16.3. The maximum atomic E-state index is 12.4. The van der Waals surface area contributed by atoms with Gasteiger partial charge < -0.3 is 10.2 Å². The molecule has 5 nitrogen and oxygen atoms in total. The quantitative estimate of drug-likeness (QED) is 0.851. The van der Waals surface area contributed by atoms with E-state index in [4.69, 9.17) is 0 Å². The van der Waals surface area contributed by atoms with Gasteiger partial charge in [-0.15, -0.1) is 0 Å². The summed E-state index contributed by atoms with van der Waals surface area (Å²) in [5.41, 5.74) is 0. The summed E-state index contributed by atoms with van der Waals surface area (Å²) < 4.78 is 25.6. The van der Waals surface area contributed by atoms with Gasteiger partial charge in [-0.25, -0.2) is 8.42 Å². The fraction of sp³-hybridized carbons (Fsp3) is 0.533. The number of sulfone groups is 1. The van der Waals surface area contributed by atoms with Gasteiger partial charge in [0, 0.05) is 36.1 Å². The molecule has 2 atom stereocenters. The molecule has 0 spiro atoms. The summed E-state index contributed by atoms with van der Waals surface area (Å²) in [6, 6.07) is 6.75. The molecule has 0 aromatic heterocycles. The van der Waals surface area contributed by atoms with Crippen molar-refractivity contribution in [2.45, 2.75) is 24.8 Å². The summed E-state index contributed by atoms with van der Waals surface area (Å²) in [6.07, 6.45) is 0. The summed E-state index contributed by atoms with van der Waals surface area (Å²) in [5, 5.41) is 3.27. The van der Waals surface area contributed by atoms with E-state index in [2.05, 4.69) is 21.2 Å². The second-order valence-corrected chi connectivity index (χ2v) is 8.73. The van der Waals surface area contributed by atoms with Gasteiger partial charge in [0.1, 0.15) is 0 Å². The first-order valence-corrected chi connectivity index (χ1v) is 9.74. The molecule has 7 heteroatoms. The van der Waals surface area contributed by atoms with Gasteiger partial charge in [-0.1, -0.05) is 22.9 Å². The molecule has 1 fully saturated rings. The molecule has 22 heavy (non-hydrogen) atoms. The summed E-state index contributed by atoms with van der Waals surface area (Å²) in [5.74, 6) is -0.792. The van der Waals surface area contributed by atoms with Crippen LogP contribution in [0.25, 0.3) is 0 Å². The fourth-order valence-corrected chi connectivity index (χ4v) is 4.39. The van der Waals surface area contributed by atoms with Crippen LogP contribution in [-0.2, 0) is 14.6 Å². The molecule has 0 unspecified atom stereocenters. The molecule has 1 aliphatic heterocycles. The molecule has 1 N–H and O–H groups in total. The van der Waals surface area contributed by atoms with Gasteiger partial charge >= 0.3 is 0 Å². The predicted octanol–water partition coefficient (Wildman–Crippen LogP) is 1.68. The third-order valence-electron chi connectivity index (χ3n) is 3.74. The molecule has 122 valence electrons. The second-order valence-electron chi connectivity index (χ2n) is 5.78. The number of carbonyl (C=O) groups excluding carboxylic acids is 1. The highest BCUT2D eigenvalue weighted by Crippen LogP contribution is 2.19. The van der Waals surface area contributed by atoms with Gasteiger partial charge in [-0.05, 0) is 31.2 Å². The topological polar surface area (TPSA) is 66.5 Å². The zero-order valence-electron chi connectivity index (χ0n) is 12.8. The normalized spacial score (nSPS) is 20.7. The highest BCUT2D eigenvalue weighted by atomic mass is 79.9. The van der Waals surface area contributed by atoms with E-state index in [0.29, 0.717) is 13.1 Å². The minimum atomic E-state index is -3.46. The van der Waals surface area contributed by atoms with E-state index in [9.17, 15) is 13.2 Å². The highest BCUT2D eigenvalue weighted by molar-refractivity contribution is 9.10. The van der Waals surface area contributed by atoms with Crippen molar-refractivity contribution in [3.8, 4) is 0 Å². The predicted molar refractivity (Wildman–Crippen MR) is 89.4 cm³/mol. The Hall–Kier alpha value is -0.920. The average Bonchev–Trinajstić information content (AvgIpc) is 2.46. The van der Waals surface area contributed by atoms with Crippen molar-refractivity contribution in [3.05, 3.63) is 28.7 Å². The van der Waals surface area contributed by atoms with Crippen molar-refractivity contribution in [2.75, 3.05) is 25.4 Å². The molecule has 1 aromatic carbocycles. The Balaban J connectivity index is 2.05. The van der Waals surface area contributed by atoms with E-state index in [0.717, 1.165) is 11.0 Å². The van der Waals surface area contributed by atoms with Gasteiger partial charge in [0.2, 0.25) is 5.91 Å². The Morgan fingerprint density at radius 2 is 2.05 bits per heavy atom. The second kappa shape index (κ2) is 7.10. The third-order valence-corrected chi connectivity index (χ3v) is 6.20. The van der Waals surface area contributed by atoms with Crippen LogP contribution in [-0.4, -0.2) is 50.7 Å². The molecule has 0 saturated carbocycles. The van der Waals surface area contributed by atoms with Crippen LogP contribution in [0.1, 0.15) is 13.8 Å². The van der Waals surface area contributed by atoms with Crippen LogP contribution >= 0.6 is 15.9 Å². The van der Waals surface area contributed by atoms with Gasteiger partial charge in [0.15, 0.2) is 9.84 Å². The van der Waals surface area contributed by atoms with Crippen molar-refractivity contribution in [1.29, 1.82) is 0 Å². The molecule has 1 amide bonds. The van der Waals surface area contributed by atoms with Gasteiger partial charge in [0.05, 0.1) is 10.6 Å². The van der Waals surface area contributed by atoms with Gasteiger partial charge in [0.25, 0.3) is 0 Å². The van der Waals surface area contributed by atoms with Crippen LogP contribution in [0.2, 0.25) is 0 Å². The fourth-order valence-electron chi connectivity index (χ4n) is 2.58. The minimum absolute atomic E-state index is 0.0889. The van der Waals surface area contributed by atoms with E-state index >= 15 is 0 Å². The SMILES string of the molecule is C[C@@H]1CN(C(=O)[C@H](C)CS(=O)(=O)c2ccc(Br)cc2)CCN1. The first-order valence-electron chi connectivity index (χ1n) is 7.30. The van der Waals surface area contributed by atoms with Crippen LogP contribution in [0, 0.1) is 5.92 Å². The number of piperazine rings is 1. The Morgan fingerprint density at radius 3 is 2.64 bits per heavy atom. The average molecular weight is 389 g/mol. The molecule has 2 rings (SSSR count). The Bertz CT molecular complexity index is 631. The first-order chi connectivity index (χ1) is 10.3. The van der Waals surface area contributed by atoms with Crippen molar-refractivity contribution >= 4 is 31.7 Å². The molecule has 0 bridgehead atoms. The lowest BCUT2D eigenvalue weighted by molar-refractivity contribution is -0.135. The molecular weight excluding hydrogens is 368 g/mol. The van der Waals surface area contributed by atoms with Crippen molar-refractivity contribution in [1.82, 2.24) is 10.2 Å². The van der Waals surface area contributed by atoms with E-state index < -0.39 is 15.8 Å². The Labute approximate surface area is 140 Å². The molecule has 0 radical (unpaired) electrons. The van der Waals surface area contributed by atoms with Crippen molar-refractivity contribution in [2.24, 2.45) is 5.92 Å². The summed E-state index contributed by atoms with van der Waals surface area (Å²) in [7, 11) is -3.46. The van der Waals surface area contributed by atoms with Crippen LogP contribution in [0.5, 0.6) is 0 Å². The lowest BCUT2D eigenvalue weighted by atomic mass is 10.1. The molecular formula is C15H21BrN2O3S. The third kappa shape index (κ3) is 4.30. The maximum Gasteiger partial charge on any atom is 0.226 e. The molecule has 1 heterocycles. The number of amides is 1. The Morgan fingerprint density at radius 1 is 1.41 bits per heavy atom. The number of rotatable bonds is 4. The summed E-state index contributed by atoms with van der Waals surface area (Å²) in [4.78, 5) is 14.4. The highest BCUT2D eigenvalue weighted by Gasteiger charge is 2.28. The molecule has 1 aliphatic rings. The molecule has 1 aromatic rings. The standard InChI is InChI=1S/C15H21BrN2O3S/c1-11(15(19)18-8-7-17-12(2)9-18)10-22(20,21)14-5-3-13(16)4-6-14/h3-6,11-12,17H,7-10H2,1-2H3/t11-,12-/m1/s1. The van der Waals surface area contributed by atoms with E-state index in [1.165, 1.54) is 0 Å². The summed E-state index contributed by atoms with van der Waals surface area (Å²) >= 11 is 3.28. The smallest absolute Gasteiger partial charge is 0.226 e. The Kier molecular flexibility index (Phi) is 5.63. The van der Waals surface area contributed by atoms with Crippen molar-refractivity contribution in [3.63, 3.8) is 0 Å². The number of nitrogens with zero attached hydrogens (tertiary/aromatic N) is 1. The van der Waals surface area contributed by atoms with Crippen LogP contribution in [0.3, 0.4) is 0 Å². The van der Waals surface area contributed by atoms with Gasteiger partial charge in [-0.3, -0.25) is 4.79 Å². The van der Waals surface area contributed by atoms with Crippen LogP contribution in [0.4, 0.5) is 0 Å². The van der Waals surface area contributed by atoms with E-state index in [-0.39, 0.29) is 22.6 Å². The first kappa shape index (κ1) is 17.4. The minimum Gasteiger partial charge on any atom is -0.340 e. The largest absolute Gasteiger partial charge is 0.340 e. The number of hydrogen-bond acceptors (Lipinski definition) is 4. The van der Waals surface area contributed by atoms with Crippen LogP contribution < -0.4 is 5.32 Å². The molecule has 1 saturated heterocycles. The van der Waals surface area contributed by atoms with Crippen LogP contribution in [0.15, 0.2) is 33.6 Å². The maximum absolute atomic E-state index is 12.4. The lowest BCUT2D eigenvalue weighted by Crippen LogP contribution is -2.53. The summed E-state index contributed by atoms with van der Waals surface area (Å²) in [6.45, 7) is 5.71. The van der Waals surface area contributed by atoms with E-state index in [1.807, 2.05) is 6.92 Å². The number of nitrogens with one attached hydrogen (secondary N) is 1. The number of halogens is 1. The van der Waals surface area contributed by atoms with E-state index in [1.54, 1.807) is 36.1 Å². The number of hydrogen-bond donors (Lipinski definition) is 1. The lowest BCUT2D eigenvalue weighted by Gasteiger charge is -2.33. The number of benzene rings is 1. The van der Waals surface area contributed by atoms with Crippen molar-refractivity contribution < 1.29 is 13.2 Å². The number of carbonyl (C=O) groups is 1. The molecule has 0 aliphatic carbocycles. The zero-order valence-corrected chi connectivity index (χ0v) is 15.2. The van der Waals surface area contributed by atoms with Gasteiger partial charge in [-0.2, -0.15) is 0 Å².